The van der Waals surface area contributed by atoms with E-state index in [0.717, 1.165) is 6.54 Å². The molecular weight excluding hydrogens is 409 g/mol. The molecule has 1 rings (SSSR count). The molecule has 0 bridgehead atoms. The van der Waals surface area contributed by atoms with Crippen LogP contribution in [-0.4, -0.2) is 43.5 Å². The van der Waals surface area contributed by atoms with Gasteiger partial charge in [-0.2, -0.15) is 6.54 Å². The largest absolute Gasteiger partial charge is 0.487 e. The molecule has 0 aromatic rings. The maximum atomic E-state index is 3.55. The third-order valence-corrected chi connectivity index (χ3v) is 1.46. The zero-order chi connectivity index (χ0) is 7.98. The molecule has 0 unspecified atom stereocenters. The van der Waals surface area contributed by atoms with Gasteiger partial charge in [0, 0.05) is 53.8 Å². The van der Waals surface area contributed by atoms with Crippen LogP contribution in [0.2, 0.25) is 0 Å². The van der Waals surface area contributed by atoms with Crippen LogP contribution in [0, 0.1) is 21.4 Å². The van der Waals surface area contributed by atoms with Crippen molar-refractivity contribution in [1.82, 2.24) is 9.80 Å². The zero-order valence-electron chi connectivity index (χ0n) is 9.12. The van der Waals surface area contributed by atoms with Crippen LogP contribution >= 0.6 is 0 Å². The Morgan fingerprint density at radius 3 is 1.62 bits per heavy atom. The molecule has 2 nitrogen and oxygen atoms in total. The second-order valence-electron chi connectivity index (χ2n) is 2.74. The van der Waals surface area contributed by atoms with Crippen LogP contribution in [0.1, 0.15) is 6.42 Å². The van der Waals surface area contributed by atoms with E-state index in [0.29, 0.717) is 0 Å². The van der Waals surface area contributed by atoms with Gasteiger partial charge in [0.25, 0.3) is 0 Å². The second-order valence-corrected chi connectivity index (χ2v) is 2.74. The first-order valence-electron chi connectivity index (χ1n) is 3.66. The van der Waals surface area contributed by atoms with Crippen LogP contribution in [0.25, 0.3) is 0 Å². The summed E-state index contributed by atoms with van der Waals surface area (Å²) in [6.45, 7) is 6.97. The Hall–Kier alpha value is 1.71. The Morgan fingerprint density at radius 1 is 1.38 bits per heavy atom. The molecule has 79 valence electrons. The predicted molar refractivity (Wildman–Crippen MR) is 51.9 cm³/mol. The Bertz CT molecular complexity index is 74.0. The fourth-order valence-corrected chi connectivity index (χ4v) is 0.474. The van der Waals surface area contributed by atoms with Gasteiger partial charge in [-0.15, -0.1) is 0 Å². The van der Waals surface area contributed by atoms with E-state index < -0.39 is 0 Å². The van der Waals surface area contributed by atoms with Crippen molar-refractivity contribution in [2.24, 2.45) is 0 Å². The van der Waals surface area contributed by atoms with Crippen molar-refractivity contribution >= 4 is 0 Å². The van der Waals surface area contributed by atoms with Gasteiger partial charge in [0.15, 0.2) is 0 Å². The smallest absolute Gasteiger partial charge is 0 e. The van der Waals surface area contributed by atoms with Crippen molar-refractivity contribution in [2.45, 2.75) is 6.42 Å². The van der Waals surface area contributed by atoms with Crippen LogP contribution in [-0.2, 0) is 53.8 Å². The molecule has 4 heteroatoms. The average molecular weight is 430 g/mol. The van der Waals surface area contributed by atoms with E-state index in [1.165, 1.54) is 19.5 Å². The number of rotatable bonds is 1. The summed E-state index contributed by atoms with van der Waals surface area (Å²) in [5, 5.41) is 0. The summed E-state index contributed by atoms with van der Waals surface area (Å²) in [5.74, 6) is 0. The summed E-state index contributed by atoms with van der Waals surface area (Å²) in [5.41, 5.74) is 0. The fraction of sp³-hybridized carbons (Fsp3) is 0.667. The van der Waals surface area contributed by atoms with E-state index in [1.807, 2.05) is 7.05 Å². The van der Waals surface area contributed by atoms with Crippen LogP contribution < -0.4 is 0 Å². The molecule has 13 heavy (non-hydrogen) atoms. The minimum Gasteiger partial charge on any atom is -0.487 e. The Kier molecular flexibility index (Phi) is 30.0. The molecule has 1 heterocycles. The van der Waals surface area contributed by atoms with Gasteiger partial charge in [-0.1, -0.05) is 0 Å². The van der Waals surface area contributed by atoms with Crippen molar-refractivity contribution in [2.75, 3.05) is 33.7 Å². The molecule has 1 aliphatic rings. The molecule has 1 fully saturated rings. The van der Waals surface area contributed by atoms with Gasteiger partial charge in [0.1, 0.15) is 0 Å². The van der Waals surface area contributed by atoms with Gasteiger partial charge < -0.3 is 24.2 Å². The van der Waals surface area contributed by atoms with Crippen molar-refractivity contribution in [3.8, 4) is 0 Å². The molecule has 0 aromatic heterocycles. The van der Waals surface area contributed by atoms with Crippen molar-refractivity contribution < 1.29 is 53.8 Å². The summed E-state index contributed by atoms with van der Waals surface area (Å²) >= 11 is 0. The van der Waals surface area contributed by atoms with Gasteiger partial charge in [0.05, 0.1) is 0 Å². The molecule has 0 N–H and O–H groups in total. The van der Waals surface area contributed by atoms with E-state index in [4.69, 9.17) is 0 Å². The Morgan fingerprint density at radius 2 is 1.62 bits per heavy atom. The average Bonchev–Trinajstić information content (AvgIpc) is 1.85. The molecule has 1 saturated heterocycles. The molecule has 0 aliphatic carbocycles. The number of hydrogen-bond acceptors (Lipinski definition) is 2. The third kappa shape index (κ3) is 19.9. The molecule has 1 aliphatic heterocycles. The third-order valence-electron chi connectivity index (χ3n) is 1.46. The quantitative estimate of drug-likeness (QED) is 0.580. The number of hydrogen-bond donors (Lipinski definition) is 0. The van der Waals surface area contributed by atoms with Crippen LogP contribution in [0.15, 0.2) is 0 Å². The minimum absolute atomic E-state index is 0. The monoisotopic (exact) mass is 430 g/mol. The van der Waals surface area contributed by atoms with E-state index >= 15 is 0 Å². The first-order chi connectivity index (χ1) is 4.66. The first kappa shape index (κ1) is 24.1. The van der Waals surface area contributed by atoms with Crippen LogP contribution in [0.4, 0.5) is 0 Å². The standard InChI is InChI=1S/2C4H9N.CH3.W.Y/c1-5-3-2-4-5;1-4-5(2)3;;;/h2-4H2,1H3;1-2,4H2,3H3;1H3;;/q;-2;-1;;. The molecular formula is C9H21N2WY-3. The van der Waals surface area contributed by atoms with Gasteiger partial charge in [-0.3, -0.25) is 7.05 Å². The maximum absolute atomic E-state index is 3.55. The van der Waals surface area contributed by atoms with Gasteiger partial charge in [-0.25, -0.2) is 0 Å². The molecule has 0 spiro atoms. The predicted octanol–water partition coefficient (Wildman–Crippen LogP) is 1.31. The summed E-state index contributed by atoms with van der Waals surface area (Å²) in [4.78, 5) is 4.07. The molecule has 0 atom stereocenters. The van der Waals surface area contributed by atoms with E-state index in [-0.39, 0.29) is 61.2 Å². The summed E-state index contributed by atoms with van der Waals surface area (Å²) < 4.78 is 0. The van der Waals surface area contributed by atoms with Crippen molar-refractivity contribution in [3.05, 3.63) is 21.4 Å². The summed E-state index contributed by atoms with van der Waals surface area (Å²) in [7, 11) is 7.55. The Labute approximate surface area is 124 Å². The van der Waals surface area contributed by atoms with Crippen molar-refractivity contribution in [1.29, 1.82) is 0 Å². The fourth-order valence-electron chi connectivity index (χ4n) is 0.474. The topological polar surface area (TPSA) is 6.48 Å². The summed E-state index contributed by atoms with van der Waals surface area (Å²) in [6, 6.07) is 0. The molecule has 0 aromatic carbocycles. The number of likely N-dealkylation sites (tertiary alicyclic amines) is 1. The second kappa shape index (κ2) is 16.2. The number of nitrogens with zero attached hydrogens (tertiary/aromatic N) is 2. The van der Waals surface area contributed by atoms with E-state index in [9.17, 15) is 0 Å². The van der Waals surface area contributed by atoms with Crippen LogP contribution in [0.5, 0.6) is 0 Å². The normalized spacial score (nSPS) is 13.6. The van der Waals surface area contributed by atoms with Crippen LogP contribution in [0.3, 0.4) is 0 Å². The van der Waals surface area contributed by atoms with Gasteiger partial charge >= 0.3 is 0 Å². The SMILES string of the molecule is CN1CCC1.[CH2-]CN([CH2-])C.[CH3-].[W].[Y]. The molecule has 1 radical (unpaired) electrons. The summed E-state index contributed by atoms with van der Waals surface area (Å²) in [6.07, 6.45) is 1.41. The van der Waals surface area contributed by atoms with Gasteiger partial charge in [-0.05, 0) is 33.6 Å². The first-order valence-corrected chi connectivity index (χ1v) is 3.66. The molecule has 0 saturated carbocycles. The molecule has 0 amide bonds. The zero-order valence-corrected chi connectivity index (χ0v) is 14.9. The van der Waals surface area contributed by atoms with E-state index in [2.05, 4.69) is 25.9 Å². The van der Waals surface area contributed by atoms with Gasteiger partial charge in [0.2, 0.25) is 0 Å². The minimum atomic E-state index is 0. The van der Waals surface area contributed by atoms with Crippen molar-refractivity contribution in [3.63, 3.8) is 0 Å². The maximum Gasteiger partial charge on any atom is 0 e. The van der Waals surface area contributed by atoms with E-state index in [1.54, 1.807) is 4.90 Å². The Balaban J connectivity index is -0.0000000506.